The normalized spacial score (nSPS) is 19.7. The Morgan fingerprint density at radius 2 is 1.97 bits per heavy atom. The largest absolute Gasteiger partial charge is 0.493 e. The molecule has 0 spiro atoms. The van der Waals surface area contributed by atoms with Crippen LogP contribution in [0, 0.1) is 0 Å². The summed E-state index contributed by atoms with van der Waals surface area (Å²) in [6.45, 7) is -0.238. The Labute approximate surface area is 206 Å². The number of benzene rings is 1. The molecule has 196 valence electrons. The van der Waals surface area contributed by atoms with Gasteiger partial charge >= 0.3 is 19.7 Å². The topological polar surface area (TPSA) is 191 Å². The maximum atomic E-state index is 13.6. The zero-order chi connectivity index (χ0) is 26.3. The first-order valence-corrected chi connectivity index (χ1v) is 12.3. The molecular weight excluding hydrogens is 499 g/mol. The number of carbonyl (C=O) groups is 3. The first-order valence-electron chi connectivity index (χ1n) is 10.8. The van der Waals surface area contributed by atoms with Gasteiger partial charge in [0.2, 0.25) is 5.88 Å². The lowest BCUT2D eigenvalue weighted by Gasteiger charge is -2.25. The Bertz CT molecular complexity index is 1130. The fourth-order valence-corrected chi connectivity index (χ4v) is 4.93. The number of imidazole rings is 1. The van der Waals surface area contributed by atoms with Crippen molar-refractivity contribution in [1.29, 1.82) is 0 Å². The number of methoxy groups -OCH3 is 2. The van der Waals surface area contributed by atoms with Crippen molar-refractivity contribution in [2.24, 2.45) is 5.73 Å². The first-order chi connectivity index (χ1) is 17.2. The molecule has 15 heteroatoms. The third-order valence-corrected chi connectivity index (χ3v) is 6.76. The van der Waals surface area contributed by atoms with Crippen LogP contribution in [-0.2, 0) is 32.9 Å². The highest BCUT2D eigenvalue weighted by molar-refractivity contribution is 7.52. The Balaban J connectivity index is 1.72. The third kappa shape index (κ3) is 6.82. The van der Waals surface area contributed by atoms with Crippen LogP contribution < -0.4 is 15.3 Å². The van der Waals surface area contributed by atoms with Gasteiger partial charge in [-0.1, -0.05) is 18.2 Å². The van der Waals surface area contributed by atoms with Gasteiger partial charge in [-0.2, -0.15) is 5.09 Å². The summed E-state index contributed by atoms with van der Waals surface area (Å²) in [7, 11) is -2.01. The van der Waals surface area contributed by atoms with Gasteiger partial charge in [0.05, 0.1) is 33.4 Å². The van der Waals surface area contributed by atoms with Crippen molar-refractivity contribution in [2.75, 3.05) is 20.8 Å². The molecule has 1 saturated heterocycles. The smallest absolute Gasteiger partial charge is 0.459 e. The summed E-state index contributed by atoms with van der Waals surface area (Å²) >= 11 is 0. The molecule has 1 fully saturated rings. The number of amides is 1. The standard InChI is InChI=1S/C21H27N4O10P/c1-31-17(26)10-15(21(29)32-2)24-36(30,35-13-6-4-3-5-7-13)33-11-14-8-9-16(34-14)25-12-23-18(19(22)27)20(25)28/h3-7,12,14-16,28H,8-11H2,1-2H3,(H2,22,27)(H,24,30)/t14-,15-,16+,36?/m0/s1. The second-order valence-electron chi connectivity index (χ2n) is 7.66. The van der Waals surface area contributed by atoms with E-state index in [0.717, 1.165) is 14.2 Å². The molecule has 0 aliphatic carbocycles. The van der Waals surface area contributed by atoms with Crippen LogP contribution in [0.25, 0.3) is 0 Å². The van der Waals surface area contributed by atoms with Crippen molar-refractivity contribution in [3.05, 3.63) is 42.4 Å². The monoisotopic (exact) mass is 526 g/mol. The number of esters is 2. The zero-order valence-electron chi connectivity index (χ0n) is 19.6. The summed E-state index contributed by atoms with van der Waals surface area (Å²) in [6.07, 6.45) is 0.313. The number of hydrogen-bond acceptors (Lipinski definition) is 11. The molecule has 4 atom stereocenters. The number of hydrogen-bond donors (Lipinski definition) is 3. The number of nitrogens with one attached hydrogen (secondary N) is 1. The van der Waals surface area contributed by atoms with Gasteiger partial charge < -0.3 is 29.6 Å². The van der Waals surface area contributed by atoms with Crippen LogP contribution in [-0.4, -0.2) is 65.5 Å². The molecule has 0 saturated carbocycles. The zero-order valence-corrected chi connectivity index (χ0v) is 20.5. The number of aromatic nitrogens is 2. The predicted octanol–water partition coefficient (Wildman–Crippen LogP) is 1.26. The quantitative estimate of drug-likeness (QED) is 0.265. The number of ether oxygens (including phenoxy) is 3. The third-order valence-electron chi connectivity index (χ3n) is 5.19. The van der Waals surface area contributed by atoms with E-state index in [9.17, 15) is 24.1 Å². The van der Waals surface area contributed by atoms with Crippen molar-refractivity contribution >= 4 is 25.6 Å². The van der Waals surface area contributed by atoms with E-state index in [1.807, 2.05) is 0 Å². The molecule has 2 heterocycles. The number of rotatable bonds is 12. The van der Waals surface area contributed by atoms with E-state index in [-0.39, 0.29) is 18.1 Å². The van der Waals surface area contributed by atoms with Crippen LogP contribution in [0.2, 0.25) is 0 Å². The van der Waals surface area contributed by atoms with Crippen LogP contribution in [0.1, 0.15) is 36.0 Å². The molecular formula is C21H27N4O10P. The van der Waals surface area contributed by atoms with Gasteiger partial charge in [-0.25, -0.2) is 9.55 Å². The molecule has 3 rings (SSSR count). The van der Waals surface area contributed by atoms with Gasteiger partial charge in [0.1, 0.15) is 24.3 Å². The lowest BCUT2D eigenvalue weighted by atomic mass is 10.2. The molecule has 1 aliphatic rings. The number of nitrogens with two attached hydrogens (primary N) is 1. The second kappa shape index (κ2) is 12.0. The summed E-state index contributed by atoms with van der Waals surface area (Å²) in [6, 6.07) is 6.70. The van der Waals surface area contributed by atoms with Crippen molar-refractivity contribution < 1.29 is 47.3 Å². The highest BCUT2D eigenvalue weighted by Gasteiger charge is 2.38. The van der Waals surface area contributed by atoms with E-state index in [1.165, 1.54) is 23.0 Å². The minimum absolute atomic E-state index is 0.183. The second-order valence-corrected chi connectivity index (χ2v) is 9.35. The fourth-order valence-electron chi connectivity index (χ4n) is 3.41. The molecule has 0 radical (unpaired) electrons. The van der Waals surface area contributed by atoms with Gasteiger partial charge in [0.15, 0.2) is 5.69 Å². The molecule has 1 unspecified atom stereocenters. The van der Waals surface area contributed by atoms with Gasteiger partial charge in [0.25, 0.3) is 5.91 Å². The average Bonchev–Trinajstić information content (AvgIpc) is 3.48. The van der Waals surface area contributed by atoms with Crippen molar-refractivity contribution in [3.63, 3.8) is 0 Å². The summed E-state index contributed by atoms with van der Waals surface area (Å²) in [5.74, 6) is -2.76. The molecule has 1 aromatic heterocycles. The molecule has 1 aliphatic heterocycles. The Kier molecular flexibility index (Phi) is 9.04. The van der Waals surface area contributed by atoms with Crippen LogP contribution in [0.15, 0.2) is 36.7 Å². The fraction of sp³-hybridized carbons (Fsp3) is 0.429. The molecule has 0 bridgehead atoms. The van der Waals surface area contributed by atoms with E-state index in [2.05, 4.69) is 14.8 Å². The minimum atomic E-state index is -4.26. The average molecular weight is 526 g/mol. The van der Waals surface area contributed by atoms with E-state index >= 15 is 0 Å². The molecule has 4 N–H and O–H groups in total. The van der Waals surface area contributed by atoms with Crippen LogP contribution >= 0.6 is 7.75 Å². The Hall–Kier alpha value is -3.45. The molecule has 1 aromatic carbocycles. The van der Waals surface area contributed by atoms with Crippen LogP contribution in [0.4, 0.5) is 0 Å². The number of carbonyl (C=O) groups excluding carboxylic acids is 3. The number of aromatic hydroxyl groups is 1. The molecule has 1 amide bonds. The number of nitrogens with zero attached hydrogens (tertiary/aromatic N) is 2. The van der Waals surface area contributed by atoms with Crippen LogP contribution in [0.3, 0.4) is 0 Å². The predicted molar refractivity (Wildman–Crippen MR) is 122 cm³/mol. The van der Waals surface area contributed by atoms with Crippen molar-refractivity contribution in [3.8, 4) is 11.6 Å². The van der Waals surface area contributed by atoms with E-state index < -0.39 is 56.3 Å². The van der Waals surface area contributed by atoms with Gasteiger partial charge in [0, 0.05) is 0 Å². The van der Waals surface area contributed by atoms with E-state index in [1.54, 1.807) is 18.2 Å². The Morgan fingerprint density at radius 3 is 2.58 bits per heavy atom. The van der Waals surface area contributed by atoms with Crippen molar-refractivity contribution in [2.45, 2.75) is 37.6 Å². The highest BCUT2D eigenvalue weighted by atomic mass is 31.2. The molecule has 2 aromatic rings. The summed E-state index contributed by atoms with van der Waals surface area (Å²) in [5, 5.41) is 12.6. The van der Waals surface area contributed by atoms with Gasteiger partial charge in [-0.05, 0) is 25.0 Å². The Morgan fingerprint density at radius 1 is 1.25 bits per heavy atom. The molecule has 36 heavy (non-hydrogen) atoms. The lowest BCUT2D eigenvalue weighted by Crippen LogP contribution is -2.39. The van der Waals surface area contributed by atoms with Gasteiger partial charge in [-0.15, -0.1) is 0 Å². The van der Waals surface area contributed by atoms with E-state index in [4.69, 9.17) is 24.3 Å². The first kappa shape index (κ1) is 27.1. The highest BCUT2D eigenvalue weighted by Crippen LogP contribution is 2.46. The lowest BCUT2D eigenvalue weighted by molar-refractivity contribution is -0.149. The SMILES string of the molecule is COC(=O)C[C@H](NP(=O)(OC[C@@H]1CC[C@H](n2cnc(C(N)=O)c2O)O1)Oc1ccccc1)C(=O)OC. The summed E-state index contributed by atoms with van der Waals surface area (Å²) in [5.41, 5.74) is 4.88. The number of para-hydroxylation sites is 1. The maximum Gasteiger partial charge on any atom is 0.459 e. The number of primary amides is 1. The minimum Gasteiger partial charge on any atom is -0.493 e. The van der Waals surface area contributed by atoms with Crippen molar-refractivity contribution in [1.82, 2.24) is 14.6 Å². The molecule has 14 nitrogen and oxygen atoms in total. The maximum absolute atomic E-state index is 13.6. The summed E-state index contributed by atoms with van der Waals surface area (Å²) < 4.78 is 41.2. The van der Waals surface area contributed by atoms with Crippen LogP contribution in [0.5, 0.6) is 11.6 Å². The van der Waals surface area contributed by atoms with E-state index in [0.29, 0.717) is 12.8 Å². The van der Waals surface area contributed by atoms with Gasteiger partial charge in [-0.3, -0.25) is 23.5 Å². The summed E-state index contributed by atoms with van der Waals surface area (Å²) in [4.78, 5) is 39.1.